The van der Waals surface area contributed by atoms with Gasteiger partial charge in [0.15, 0.2) is 5.82 Å². The normalized spacial score (nSPS) is 11.2. The monoisotopic (exact) mass is 548 g/mol. The number of aromatic amines is 1. The Morgan fingerprint density at radius 3 is 2.46 bits per heavy atom. The zero-order chi connectivity index (χ0) is 26.6. The van der Waals surface area contributed by atoms with E-state index in [2.05, 4.69) is 10.2 Å². The lowest BCUT2D eigenvalue weighted by Gasteiger charge is -2.08. The number of halogens is 3. The standard InChI is InChI=1S/C28H22F2N6O2.ClH/c1-34-14-22(20-11-18(29)6-8-23(20)34)27-32-33-28(37)36(27)25-15-35(24-9-7-19(30)12-21(24)25)13-16-4-3-5-17(10-16)26(31)38-2;/h3-12,14-15,31H,13H2,1-2H3,(H,33,37);1H. The summed E-state index contributed by atoms with van der Waals surface area (Å²) in [6.07, 6.45) is 3.55. The molecule has 3 aromatic carbocycles. The van der Waals surface area contributed by atoms with Gasteiger partial charge in [-0.25, -0.2) is 23.2 Å². The predicted molar refractivity (Wildman–Crippen MR) is 148 cm³/mol. The van der Waals surface area contributed by atoms with Crippen molar-refractivity contribution in [2.45, 2.75) is 6.54 Å². The molecule has 0 saturated carbocycles. The van der Waals surface area contributed by atoms with Crippen molar-refractivity contribution < 1.29 is 13.5 Å². The number of aryl methyl sites for hydroxylation is 1. The minimum atomic E-state index is -0.507. The number of H-pyrrole nitrogens is 1. The van der Waals surface area contributed by atoms with E-state index >= 15 is 0 Å². The van der Waals surface area contributed by atoms with Crippen molar-refractivity contribution in [3.05, 3.63) is 106 Å². The Morgan fingerprint density at radius 2 is 1.72 bits per heavy atom. The number of nitrogens with one attached hydrogen (secondary N) is 2. The molecular formula is C28H23ClF2N6O2. The van der Waals surface area contributed by atoms with Gasteiger partial charge in [0.2, 0.25) is 5.90 Å². The minimum Gasteiger partial charge on any atom is -0.481 e. The Labute approximate surface area is 227 Å². The topological polar surface area (TPSA) is 93.6 Å². The fraction of sp³-hybridized carbons (Fsp3) is 0.107. The Morgan fingerprint density at radius 1 is 1.00 bits per heavy atom. The third-order valence-electron chi connectivity index (χ3n) is 6.67. The van der Waals surface area contributed by atoms with E-state index < -0.39 is 17.3 Å². The molecule has 11 heteroatoms. The van der Waals surface area contributed by atoms with Crippen molar-refractivity contribution in [3.8, 4) is 17.1 Å². The van der Waals surface area contributed by atoms with Crippen molar-refractivity contribution in [2.75, 3.05) is 7.11 Å². The highest BCUT2D eigenvalue weighted by Crippen LogP contribution is 2.33. The molecule has 3 heterocycles. The number of hydrogen-bond acceptors (Lipinski definition) is 4. The van der Waals surface area contributed by atoms with Gasteiger partial charge in [0.05, 0.1) is 18.3 Å². The van der Waals surface area contributed by atoms with Gasteiger partial charge in [-0.05, 0) is 54.1 Å². The molecule has 0 unspecified atom stereocenters. The molecule has 0 radical (unpaired) electrons. The minimum absolute atomic E-state index is 0. The van der Waals surface area contributed by atoms with Crippen LogP contribution in [-0.4, -0.2) is 36.9 Å². The van der Waals surface area contributed by atoms with Crippen LogP contribution in [0.1, 0.15) is 11.1 Å². The lowest BCUT2D eigenvalue weighted by Crippen LogP contribution is -2.15. The predicted octanol–water partition coefficient (Wildman–Crippen LogP) is 5.39. The second kappa shape index (κ2) is 9.88. The van der Waals surface area contributed by atoms with Crippen LogP contribution in [0.4, 0.5) is 8.78 Å². The van der Waals surface area contributed by atoms with Crippen molar-refractivity contribution in [3.63, 3.8) is 0 Å². The lowest BCUT2D eigenvalue weighted by atomic mass is 10.1. The molecular weight excluding hydrogens is 526 g/mol. The van der Waals surface area contributed by atoms with Crippen molar-refractivity contribution >= 4 is 40.1 Å². The first-order valence-corrected chi connectivity index (χ1v) is 11.8. The van der Waals surface area contributed by atoms with Gasteiger partial charge in [0.1, 0.15) is 11.6 Å². The van der Waals surface area contributed by atoms with Gasteiger partial charge < -0.3 is 13.9 Å². The third-order valence-corrected chi connectivity index (χ3v) is 6.67. The van der Waals surface area contributed by atoms with Crippen LogP contribution in [0.5, 0.6) is 0 Å². The van der Waals surface area contributed by atoms with Crippen LogP contribution in [0, 0.1) is 17.0 Å². The zero-order valence-corrected chi connectivity index (χ0v) is 21.7. The number of hydrogen-bond donors (Lipinski definition) is 2. The van der Waals surface area contributed by atoms with Crippen LogP contribution in [0.25, 0.3) is 38.9 Å². The molecule has 0 aliphatic heterocycles. The van der Waals surface area contributed by atoms with Gasteiger partial charge in [-0.3, -0.25) is 5.41 Å². The SMILES string of the molecule is COC(=N)c1cccc(Cn2cc(-n3c(-c4cn(C)c5ccc(F)cc45)n[nH]c3=O)c3cc(F)ccc32)c1.Cl. The van der Waals surface area contributed by atoms with Crippen molar-refractivity contribution in [1.82, 2.24) is 23.9 Å². The fourth-order valence-electron chi connectivity index (χ4n) is 4.93. The Bertz CT molecular complexity index is 1930. The summed E-state index contributed by atoms with van der Waals surface area (Å²) in [5, 5.41) is 15.8. The maximum Gasteiger partial charge on any atom is 0.348 e. The van der Waals surface area contributed by atoms with E-state index in [1.165, 1.54) is 35.9 Å². The molecule has 3 aromatic heterocycles. The molecule has 0 bridgehead atoms. The molecule has 0 saturated heterocycles. The number of methoxy groups -OCH3 is 1. The van der Waals surface area contributed by atoms with E-state index in [1.807, 2.05) is 34.4 Å². The first-order chi connectivity index (χ1) is 18.3. The Hall–Kier alpha value is -4.70. The van der Waals surface area contributed by atoms with Crippen molar-refractivity contribution in [2.24, 2.45) is 7.05 Å². The van der Waals surface area contributed by atoms with Crippen LogP contribution in [-0.2, 0) is 18.3 Å². The van der Waals surface area contributed by atoms with Gasteiger partial charge in [0, 0.05) is 53.4 Å². The van der Waals surface area contributed by atoms with E-state index in [1.54, 1.807) is 30.6 Å². The van der Waals surface area contributed by atoms with Gasteiger partial charge in [-0.15, -0.1) is 12.4 Å². The molecule has 0 amide bonds. The lowest BCUT2D eigenvalue weighted by molar-refractivity contribution is 0.401. The number of fused-ring (bicyclic) bond motifs is 2. The number of ether oxygens (including phenoxy) is 1. The summed E-state index contributed by atoms with van der Waals surface area (Å²) in [6.45, 7) is 0.397. The molecule has 0 spiro atoms. The number of aromatic nitrogens is 5. The van der Waals surface area contributed by atoms with E-state index in [9.17, 15) is 13.6 Å². The van der Waals surface area contributed by atoms with Crippen molar-refractivity contribution in [1.29, 1.82) is 5.41 Å². The zero-order valence-electron chi connectivity index (χ0n) is 20.9. The molecule has 198 valence electrons. The van der Waals surface area contributed by atoms with Crippen LogP contribution in [0.2, 0.25) is 0 Å². The number of benzene rings is 3. The molecule has 0 aliphatic carbocycles. The summed E-state index contributed by atoms with van der Waals surface area (Å²) in [5.74, 6) is -0.521. The molecule has 0 fully saturated rings. The first kappa shape index (κ1) is 25.9. The molecule has 6 aromatic rings. The van der Waals surface area contributed by atoms with E-state index in [4.69, 9.17) is 10.1 Å². The quantitative estimate of drug-likeness (QED) is 0.223. The van der Waals surface area contributed by atoms with Crippen LogP contribution >= 0.6 is 12.4 Å². The molecule has 39 heavy (non-hydrogen) atoms. The molecule has 6 rings (SSSR count). The average molecular weight is 549 g/mol. The van der Waals surface area contributed by atoms with E-state index in [0.29, 0.717) is 39.6 Å². The summed E-state index contributed by atoms with van der Waals surface area (Å²) in [6, 6.07) is 16.2. The highest BCUT2D eigenvalue weighted by atomic mass is 35.5. The Balaban J connectivity index is 0.00000308. The highest BCUT2D eigenvalue weighted by Gasteiger charge is 2.21. The van der Waals surface area contributed by atoms with Gasteiger partial charge in [-0.1, -0.05) is 12.1 Å². The number of nitrogens with zero attached hydrogens (tertiary/aromatic N) is 4. The van der Waals surface area contributed by atoms with Gasteiger partial charge >= 0.3 is 5.69 Å². The third kappa shape index (κ3) is 4.38. The Kier molecular flexibility index (Phi) is 6.57. The first-order valence-electron chi connectivity index (χ1n) is 11.8. The molecule has 0 atom stereocenters. The molecule has 8 nitrogen and oxygen atoms in total. The summed E-state index contributed by atoms with van der Waals surface area (Å²) >= 11 is 0. The summed E-state index contributed by atoms with van der Waals surface area (Å²) < 4.78 is 38.8. The summed E-state index contributed by atoms with van der Waals surface area (Å²) in [5.41, 5.74) is 3.48. The summed E-state index contributed by atoms with van der Waals surface area (Å²) in [7, 11) is 3.28. The molecule has 2 N–H and O–H groups in total. The average Bonchev–Trinajstić information content (AvgIpc) is 3.56. The maximum atomic E-state index is 14.5. The molecule has 0 aliphatic rings. The van der Waals surface area contributed by atoms with Crippen LogP contribution in [0.15, 0.2) is 77.9 Å². The van der Waals surface area contributed by atoms with Gasteiger partial charge in [-0.2, -0.15) is 5.10 Å². The van der Waals surface area contributed by atoms with E-state index in [-0.39, 0.29) is 24.1 Å². The second-order valence-electron chi connectivity index (χ2n) is 9.04. The smallest absolute Gasteiger partial charge is 0.348 e. The highest BCUT2D eigenvalue weighted by molar-refractivity contribution is 5.96. The van der Waals surface area contributed by atoms with Crippen LogP contribution < -0.4 is 5.69 Å². The second-order valence-corrected chi connectivity index (χ2v) is 9.04. The van der Waals surface area contributed by atoms with E-state index in [0.717, 1.165) is 11.1 Å². The van der Waals surface area contributed by atoms with Crippen LogP contribution in [0.3, 0.4) is 0 Å². The maximum absolute atomic E-state index is 14.5. The van der Waals surface area contributed by atoms with Gasteiger partial charge in [0.25, 0.3) is 0 Å². The number of rotatable bonds is 5. The fourth-order valence-corrected chi connectivity index (χ4v) is 4.93. The largest absolute Gasteiger partial charge is 0.481 e. The summed E-state index contributed by atoms with van der Waals surface area (Å²) in [4.78, 5) is 13.1.